The highest BCUT2D eigenvalue weighted by molar-refractivity contribution is 14.1. The van der Waals surface area contributed by atoms with Crippen molar-refractivity contribution in [3.8, 4) is 0 Å². The highest BCUT2D eigenvalue weighted by Gasteiger charge is 2.11. The first-order valence-electron chi connectivity index (χ1n) is 6.50. The fourth-order valence-electron chi connectivity index (χ4n) is 1.76. The molecule has 0 aliphatic heterocycles. The van der Waals surface area contributed by atoms with Gasteiger partial charge in [-0.1, -0.05) is 11.6 Å². The maximum atomic E-state index is 11.9. The molecule has 0 spiro atoms. The number of hydrogen-bond acceptors (Lipinski definition) is 2. The lowest BCUT2D eigenvalue weighted by Crippen LogP contribution is -2.34. The van der Waals surface area contributed by atoms with Gasteiger partial charge in [0, 0.05) is 35.2 Å². The van der Waals surface area contributed by atoms with E-state index in [-0.39, 0.29) is 11.8 Å². The van der Waals surface area contributed by atoms with Gasteiger partial charge in [-0.25, -0.2) is 0 Å². The van der Waals surface area contributed by atoms with Gasteiger partial charge in [-0.2, -0.15) is 0 Å². The highest BCUT2D eigenvalue weighted by Crippen LogP contribution is 2.19. The summed E-state index contributed by atoms with van der Waals surface area (Å²) >= 11 is 8.08. The molecule has 0 saturated heterocycles. The third kappa shape index (κ3) is 4.94. The van der Waals surface area contributed by atoms with Crippen LogP contribution in [0.25, 0.3) is 0 Å². The van der Waals surface area contributed by atoms with Gasteiger partial charge in [-0.15, -0.1) is 0 Å². The molecule has 0 bridgehead atoms. The van der Waals surface area contributed by atoms with Crippen molar-refractivity contribution in [1.82, 2.24) is 10.2 Å². The minimum absolute atomic E-state index is 0.0518. The van der Waals surface area contributed by atoms with E-state index < -0.39 is 0 Å². The third-order valence-corrected chi connectivity index (χ3v) is 4.49. The van der Waals surface area contributed by atoms with Gasteiger partial charge in [0.1, 0.15) is 0 Å². The fraction of sp³-hybridized carbons (Fsp3) is 0.429. The molecule has 0 fully saturated rings. The zero-order chi connectivity index (χ0) is 15.1. The average molecular weight is 409 g/mol. The molecule has 0 aromatic heterocycles. The molecule has 4 nitrogen and oxygen atoms in total. The Bertz CT molecular complexity index is 490. The Labute approximate surface area is 138 Å². The predicted molar refractivity (Wildman–Crippen MR) is 89.0 cm³/mol. The van der Waals surface area contributed by atoms with E-state index in [1.54, 1.807) is 23.1 Å². The maximum Gasteiger partial charge on any atom is 0.251 e. The molecule has 1 aromatic carbocycles. The van der Waals surface area contributed by atoms with Gasteiger partial charge in [0.05, 0.1) is 5.02 Å². The summed E-state index contributed by atoms with van der Waals surface area (Å²) in [5, 5.41) is 3.29. The summed E-state index contributed by atoms with van der Waals surface area (Å²) < 4.78 is 0.900. The number of nitrogens with one attached hydrogen (secondary N) is 1. The largest absolute Gasteiger partial charge is 0.352 e. The lowest BCUT2D eigenvalue weighted by molar-refractivity contribution is -0.130. The third-order valence-electron chi connectivity index (χ3n) is 2.92. The Kier molecular flexibility index (Phi) is 7.29. The van der Waals surface area contributed by atoms with E-state index >= 15 is 0 Å². The van der Waals surface area contributed by atoms with E-state index in [0.717, 1.165) is 3.57 Å². The summed E-state index contributed by atoms with van der Waals surface area (Å²) in [5.74, 6) is -0.161. The Balaban J connectivity index is 2.47. The molecule has 1 N–H and O–H groups in total. The normalized spacial score (nSPS) is 10.2. The molecule has 1 rings (SSSR count). The first kappa shape index (κ1) is 17.2. The van der Waals surface area contributed by atoms with Gasteiger partial charge in [-0.3, -0.25) is 9.59 Å². The second-order valence-corrected chi connectivity index (χ2v) is 5.77. The zero-order valence-corrected chi connectivity index (χ0v) is 14.5. The van der Waals surface area contributed by atoms with Gasteiger partial charge in [-0.05, 0) is 54.6 Å². The molecule has 20 heavy (non-hydrogen) atoms. The van der Waals surface area contributed by atoms with Crippen LogP contribution in [0.1, 0.15) is 30.6 Å². The molecule has 0 heterocycles. The predicted octanol–water partition coefficient (Wildman–Crippen LogP) is 2.93. The van der Waals surface area contributed by atoms with Gasteiger partial charge in [0.25, 0.3) is 5.91 Å². The van der Waals surface area contributed by atoms with Gasteiger partial charge >= 0.3 is 0 Å². The lowest BCUT2D eigenvalue weighted by Gasteiger charge is -2.18. The molecule has 2 amide bonds. The Morgan fingerprint density at radius 2 is 1.95 bits per heavy atom. The summed E-state index contributed by atoms with van der Waals surface area (Å²) in [6, 6.07) is 5.14. The Morgan fingerprint density at radius 3 is 2.50 bits per heavy atom. The summed E-state index contributed by atoms with van der Waals surface area (Å²) in [4.78, 5) is 25.4. The monoisotopic (exact) mass is 408 g/mol. The number of carbonyl (C=O) groups excluding carboxylic acids is 2. The SMILES string of the molecule is CCN(CC)C(=O)CCNC(=O)c1ccc(I)c(Cl)c1. The molecule has 1 aromatic rings. The topological polar surface area (TPSA) is 49.4 Å². The number of benzene rings is 1. The van der Waals surface area contributed by atoms with E-state index in [1.807, 2.05) is 13.8 Å². The number of carbonyl (C=O) groups is 2. The van der Waals surface area contributed by atoms with Crippen molar-refractivity contribution in [3.05, 3.63) is 32.4 Å². The fourth-order valence-corrected chi connectivity index (χ4v) is 2.27. The van der Waals surface area contributed by atoms with E-state index in [4.69, 9.17) is 11.6 Å². The molecule has 0 unspecified atom stereocenters. The van der Waals surface area contributed by atoms with Crippen molar-refractivity contribution in [3.63, 3.8) is 0 Å². The van der Waals surface area contributed by atoms with E-state index in [1.165, 1.54) is 0 Å². The molecule has 110 valence electrons. The van der Waals surface area contributed by atoms with Crippen molar-refractivity contribution in [1.29, 1.82) is 0 Å². The summed E-state index contributed by atoms with van der Waals surface area (Å²) in [6.45, 7) is 5.59. The minimum atomic E-state index is -0.212. The zero-order valence-electron chi connectivity index (χ0n) is 11.6. The molecule has 0 aliphatic rings. The van der Waals surface area contributed by atoms with Crippen molar-refractivity contribution in [2.24, 2.45) is 0 Å². The van der Waals surface area contributed by atoms with Crippen LogP contribution < -0.4 is 5.32 Å². The second kappa shape index (κ2) is 8.46. The van der Waals surface area contributed by atoms with Crippen LogP contribution in [-0.4, -0.2) is 36.3 Å². The van der Waals surface area contributed by atoms with Crippen LogP contribution in [-0.2, 0) is 4.79 Å². The quantitative estimate of drug-likeness (QED) is 0.736. The second-order valence-electron chi connectivity index (χ2n) is 4.20. The lowest BCUT2D eigenvalue weighted by atomic mass is 10.2. The van der Waals surface area contributed by atoms with Crippen LogP contribution in [0.5, 0.6) is 0 Å². The molecule has 0 radical (unpaired) electrons. The maximum absolute atomic E-state index is 11.9. The molecule has 6 heteroatoms. The van der Waals surface area contributed by atoms with Crippen LogP contribution in [0.4, 0.5) is 0 Å². The molecular weight excluding hydrogens is 391 g/mol. The van der Waals surface area contributed by atoms with Crippen LogP contribution in [0, 0.1) is 3.57 Å². The average Bonchev–Trinajstić information content (AvgIpc) is 2.43. The van der Waals surface area contributed by atoms with Gasteiger partial charge in [0.2, 0.25) is 5.91 Å². The minimum Gasteiger partial charge on any atom is -0.352 e. The number of hydrogen-bond donors (Lipinski definition) is 1. The van der Waals surface area contributed by atoms with E-state index in [0.29, 0.717) is 36.6 Å². The van der Waals surface area contributed by atoms with Crippen molar-refractivity contribution in [2.45, 2.75) is 20.3 Å². The number of rotatable bonds is 6. The van der Waals surface area contributed by atoms with Gasteiger partial charge < -0.3 is 10.2 Å². The van der Waals surface area contributed by atoms with Crippen LogP contribution in [0.15, 0.2) is 18.2 Å². The standard InChI is InChI=1S/C14H18ClIN2O2/c1-3-18(4-2)13(19)7-8-17-14(20)10-5-6-12(16)11(15)9-10/h5-6,9H,3-4,7-8H2,1-2H3,(H,17,20). The summed E-state index contributed by atoms with van der Waals surface area (Å²) in [6.07, 6.45) is 0.311. The van der Waals surface area contributed by atoms with Crippen LogP contribution >= 0.6 is 34.2 Å². The van der Waals surface area contributed by atoms with E-state index in [2.05, 4.69) is 27.9 Å². The molecular formula is C14H18ClIN2O2. The van der Waals surface area contributed by atoms with Crippen molar-refractivity contribution < 1.29 is 9.59 Å². The number of amides is 2. The van der Waals surface area contributed by atoms with Crippen LogP contribution in [0.2, 0.25) is 5.02 Å². The Morgan fingerprint density at radius 1 is 1.30 bits per heavy atom. The number of halogens is 2. The highest BCUT2D eigenvalue weighted by atomic mass is 127. The smallest absolute Gasteiger partial charge is 0.251 e. The van der Waals surface area contributed by atoms with Crippen molar-refractivity contribution in [2.75, 3.05) is 19.6 Å². The molecule has 0 atom stereocenters. The first-order valence-corrected chi connectivity index (χ1v) is 7.96. The Hall–Kier alpha value is -0.820. The van der Waals surface area contributed by atoms with E-state index in [9.17, 15) is 9.59 Å². The molecule has 0 aliphatic carbocycles. The van der Waals surface area contributed by atoms with Gasteiger partial charge in [0.15, 0.2) is 0 Å². The summed E-state index contributed by atoms with van der Waals surface area (Å²) in [5.41, 5.74) is 0.505. The number of nitrogens with zero attached hydrogens (tertiary/aromatic N) is 1. The molecule has 0 saturated carbocycles. The van der Waals surface area contributed by atoms with Crippen LogP contribution in [0.3, 0.4) is 0 Å². The van der Waals surface area contributed by atoms with Crippen molar-refractivity contribution >= 4 is 46.0 Å². The summed E-state index contributed by atoms with van der Waals surface area (Å²) in [7, 11) is 0. The first-order chi connectivity index (χ1) is 9.49.